The number of aromatic hydroxyl groups is 1. The Kier molecular flexibility index (Phi) is 8.38. The highest BCUT2D eigenvalue weighted by Crippen LogP contribution is 2.33. The van der Waals surface area contributed by atoms with Crippen LogP contribution >= 0.6 is 0 Å². The average molecular weight is 528 g/mol. The summed E-state index contributed by atoms with van der Waals surface area (Å²) in [6.45, 7) is 2.97. The Hall–Kier alpha value is -2.33. The highest BCUT2D eigenvalue weighted by Gasteiger charge is 2.53. The maximum Gasteiger partial charge on any atom is 0.247 e. The molecule has 11 atom stereocenters. The van der Waals surface area contributed by atoms with Gasteiger partial charge in [-0.15, -0.1) is 0 Å². The van der Waals surface area contributed by atoms with Crippen LogP contribution in [-0.2, 0) is 19.0 Å². The molecular formula is C24H33NO12. The first-order chi connectivity index (χ1) is 17.5. The van der Waals surface area contributed by atoms with Gasteiger partial charge in [-0.2, -0.15) is 0 Å². The average Bonchev–Trinajstić information content (AvgIpc) is 3.46. The van der Waals surface area contributed by atoms with E-state index in [1.54, 1.807) is 6.92 Å². The Morgan fingerprint density at radius 2 is 1.76 bits per heavy atom. The van der Waals surface area contributed by atoms with Crippen LogP contribution in [0.2, 0.25) is 0 Å². The van der Waals surface area contributed by atoms with Crippen molar-refractivity contribution in [1.29, 1.82) is 0 Å². The van der Waals surface area contributed by atoms with E-state index in [0.29, 0.717) is 5.56 Å². The molecule has 2 aliphatic heterocycles. The smallest absolute Gasteiger partial charge is 0.247 e. The number of hydrogen-bond acceptors (Lipinski definition) is 12. The van der Waals surface area contributed by atoms with E-state index in [1.165, 1.54) is 31.2 Å². The Labute approximate surface area is 212 Å². The molecule has 1 amide bonds. The lowest BCUT2D eigenvalue weighted by Gasteiger charge is -2.41. The van der Waals surface area contributed by atoms with Gasteiger partial charge < -0.3 is 60.0 Å². The van der Waals surface area contributed by atoms with Crippen molar-refractivity contribution < 1.29 is 59.5 Å². The van der Waals surface area contributed by atoms with E-state index in [2.05, 4.69) is 5.32 Å². The van der Waals surface area contributed by atoms with Crippen molar-refractivity contribution >= 4 is 12.0 Å². The highest BCUT2D eigenvalue weighted by molar-refractivity contribution is 5.98. The lowest BCUT2D eigenvalue weighted by molar-refractivity contribution is -0.155. The zero-order valence-electron chi connectivity index (χ0n) is 20.2. The van der Waals surface area contributed by atoms with Gasteiger partial charge in [0, 0.05) is 5.57 Å². The van der Waals surface area contributed by atoms with Gasteiger partial charge in [-0.05, 0) is 37.1 Å². The normalized spacial score (nSPS) is 38.8. The second-order valence-electron chi connectivity index (χ2n) is 9.41. The van der Waals surface area contributed by atoms with E-state index < -0.39 is 73.2 Å². The number of carbonyl (C=O) groups is 1. The molecule has 0 aromatic heterocycles. The molecule has 37 heavy (non-hydrogen) atoms. The summed E-state index contributed by atoms with van der Waals surface area (Å²) in [7, 11) is 0. The van der Waals surface area contributed by atoms with Crippen molar-refractivity contribution in [2.24, 2.45) is 0 Å². The van der Waals surface area contributed by atoms with Gasteiger partial charge >= 0.3 is 0 Å². The topological polar surface area (TPSA) is 208 Å². The van der Waals surface area contributed by atoms with Crippen LogP contribution in [0.4, 0.5) is 0 Å². The predicted octanol–water partition coefficient (Wildman–Crippen LogP) is -2.29. The van der Waals surface area contributed by atoms with E-state index in [0.717, 1.165) is 0 Å². The van der Waals surface area contributed by atoms with Crippen molar-refractivity contribution in [1.82, 2.24) is 5.32 Å². The molecule has 4 rings (SSSR count). The molecule has 1 saturated carbocycles. The van der Waals surface area contributed by atoms with Gasteiger partial charge in [0.25, 0.3) is 0 Å². The van der Waals surface area contributed by atoms with E-state index in [9.17, 15) is 40.5 Å². The summed E-state index contributed by atoms with van der Waals surface area (Å²) in [5, 5.41) is 74.0. The first kappa shape index (κ1) is 27.7. The molecule has 8 N–H and O–H groups in total. The largest absolute Gasteiger partial charge is 0.504 e. The minimum Gasteiger partial charge on any atom is -0.504 e. The third-order valence-electron chi connectivity index (χ3n) is 6.87. The SMILES string of the molecule is CC/C(=C\c1ccc(O[C@@H]2O[C@H]([C@@H](C)O)[C@@H](O)[C@@H]2O)c(O)c1)C(=O)N[C@@H]1[C@H](O)[C@@H](O)[C@H]2OCO[C@H]2[C@@H]1O. The molecular weight excluding hydrogens is 494 g/mol. The summed E-state index contributed by atoms with van der Waals surface area (Å²) in [6.07, 6.45) is -10.5. The van der Waals surface area contributed by atoms with Crippen molar-refractivity contribution in [3.8, 4) is 11.5 Å². The van der Waals surface area contributed by atoms with Crippen LogP contribution in [0.5, 0.6) is 11.5 Å². The molecule has 206 valence electrons. The van der Waals surface area contributed by atoms with Crippen molar-refractivity contribution in [2.45, 2.75) is 87.5 Å². The lowest BCUT2D eigenvalue weighted by atomic mass is 9.83. The third kappa shape index (κ3) is 5.46. The number of phenolic OH excluding ortho intramolecular Hbond substituents is 1. The number of benzene rings is 1. The fraction of sp³-hybridized carbons (Fsp3) is 0.625. The van der Waals surface area contributed by atoms with Crippen molar-refractivity contribution in [2.75, 3.05) is 6.79 Å². The third-order valence-corrected chi connectivity index (χ3v) is 6.87. The summed E-state index contributed by atoms with van der Waals surface area (Å²) in [5.41, 5.74) is 0.675. The molecule has 0 unspecified atom stereocenters. The molecule has 0 spiro atoms. The van der Waals surface area contributed by atoms with E-state index >= 15 is 0 Å². The summed E-state index contributed by atoms with van der Waals surface area (Å²) in [6, 6.07) is 3.02. The molecule has 0 radical (unpaired) electrons. The van der Waals surface area contributed by atoms with Crippen LogP contribution in [-0.4, -0.2) is 116 Å². The van der Waals surface area contributed by atoms with E-state index in [-0.39, 0.29) is 30.3 Å². The molecule has 2 saturated heterocycles. The number of hydrogen-bond donors (Lipinski definition) is 8. The van der Waals surface area contributed by atoms with Gasteiger partial charge in [0.1, 0.15) is 55.6 Å². The van der Waals surface area contributed by atoms with Gasteiger partial charge in [-0.25, -0.2) is 0 Å². The van der Waals surface area contributed by atoms with Gasteiger partial charge in [0.2, 0.25) is 12.2 Å². The molecule has 1 aliphatic carbocycles. The summed E-state index contributed by atoms with van der Waals surface area (Å²) in [5.74, 6) is -0.991. The van der Waals surface area contributed by atoms with Gasteiger partial charge in [-0.1, -0.05) is 13.0 Å². The zero-order valence-corrected chi connectivity index (χ0v) is 20.2. The second-order valence-corrected chi connectivity index (χ2v) is 9.41. The minimum absolute atomic E-state index is 0.0575. The molecule has 3 aliphatic rings. The molecule has 1 aromatic rings. The Morgan fingerprint density at radius 3 is 2.35 bits per heavy atom. The summed E-state index contributed by atoms with van der Waals surface area (Å²) in [4.78, 5) is 12.9. The van der Waals surface area contributed by atoms with Crippen LogP contribution in [0.25, 0.3) is 6.08 Å². The number of nitrogens with one attached hydrogen (secondary N) is 1. The number of aliphatic hydroxyl groups is 6. The van der Waals surface area contributed by atoms with Crippen LogP contribution in [0.3, 0.4) is 0 Å². The van der Waals surface area contributed by atoms with Crippen LogP contribution in [0.15, 0.2) is 23.8 Å². The fourth-order valence-electron chi connectivity index (χ4n) is 4.75. The summed E-state index contributed by atoms with van der Waals surface area (Å²) < 4.78 is 21.3. The fourth-order valence-corrected chi connectivity index (χ4v) is 4.75. The Bertz CT molecular complexity index is 1000. The van der Waals surface area contributed by atoms with E-state index in [4.69, 9.17) is 18.9 Å². The van der Waals surface area contributed by atoms with E-state index in [1.807, 2.05) is 0 Å². The molecule has 1 aromatic carbocycles. The molecule has 0 bridgehead atoms. The first-order valence-electron chi connectivity index (χ1n) is 12.0. The van der Waals surface area contributed by atoms with Crippen LogP contribution in [0, 0.1) is 0 Å². The number of rotatable bonds is 7. The van der Waals surface area contributed by atoms with Crippen molar-refractivity contribution in [3.05, 3.63) is 29.3 Å². The van der Waals surface area contributed by atoms with Crippen LogP contribution in [0.1, 0.15) is 25.8 Å². The second kappa shape index (κ2) is 11.2. The molecule has 3 fully saturated rings. The van der Waals surface area contributed by atoms with Crippen molar-refractivity contribution in [3.63, 3.8) is 0 Å². The number of carbonyl (C=O) groups excluding carboxylic acids is 1. The number of amides is 1. The quantitative estimate of drug-likeness (QED) is 0.176. The minimum atomic E-state index is -1.49. The molecule has 2 heterocycles. The maximum absolute atomic E-state index is 12.9. The lowest BCUT2D eigenvalue weighted by Crippen LogP contribution is -2.67. The molecule has 13 nitrogen and oxygen atoms in total. The predicted molar refractivity (Wildman–Crippen MR) is 124 cm³/mol. The number of ether oxygens (including phenoxy) is 4. The van der Waals surface area contributed by atoms with Gasteiger partial charge in [0.05, 0.1) is 12.1 Å². The Morgan fingerprint density at radius 1 is 1.08 bits per heavy atom. The number of fused-ring (bicyclic) bond motifs is 1. The zero-order chi connectivity index (χ0) is 27.0. The summed E-state index contributed by atoms with van der Waals surface area (Å²) >= 11 is 0. The molecule has 13 heteroatoms. The maximum atomic E-state index is 12.9. The highest BCUT2D eigenvalue weighted by atomic mass is 16.7. The standard InChI is InChI=1S/C24H33NO12/c1-3-11(23(33)25-14-15(28)17(30)22-21(16(14)29)34-8-35-22)6-10-4-5-13(12(27)7-10)36-24-19(32)18(31)20(37-24)9(2)26/h4-7,9,14-22,24,26-32H,3,8H2,1-2H3,(H,25,33)/b11-6+/t9-,14-,15+,16-,17-,18+,19+,20-,21+,22-,24-/m1/s1. The van der Waals surface area contributed by atoms with Gasteiger partial charge in [-0.3, -0.25) is 4.79 Å². The van der Waals surface area contributed by atoms with Crippen LogP contribution < -0.4 is 10.1 Å². The monoisotopic (exact) mass is 527 g/mol. The Balaban J connectivity index is 1.44. The van der Waals surface area contributed by atoms with Gasteiger partial charge in [0.15, 0.2) is 11.5 Å². The number of aliphatic hydroxyl groups excluding tert-OH is 6. The first-order valence-corrected chi connectivity index (χ1v) is 12.0. The number of phenols is 1.